The number of para-hydroxylation sites is 1. The predicted octanol–water partition coefficient (Wildman–Crippen LogP) is 4.89. The highest BCUT2D eigenvalue weighted by molar-refractivity contribution is 6.14. The van der Waals surface area contributed by atoms with Crippen LogP contribution >= 0.6 is 0 Å². The summed E-state index contributed by atoms with van der Waals surface area (Å²) in [5.74, 6) is 32.2. The van der Waals surface area contributed by atoms with Gasteiger partial charge in [-0.25, -0.2) is 4.79 Å². The van der Waals surface area contributed by atoms with E-state index < -0.39 is 17.7 Å². The predicted molar refractivity (Wildman–Crippen MR) is 146 cm³/mol. The third-order valence-corrected chi connectivity index (χ3v) is 4.09. The second-order valence-electron chi connectivity index (χ2n) is 6.74. The maximum Gasteiger partial charge on any atom is 0.416 e. The zero-order chi connectivity index (χ0) is 28.5. The Morgan fingerprint density at radius 2 is 1.24 bits per heavy atom. The third kappa shape index (κ3) is 13.4. The first-order valence-electron chi connectivity index (χ1n) is 10.6. The van der Waals surface area contributed by atoms with Crippen LogP contribution in [0, 0.1) is 82.9 Å². The van der Waals surface area contributed by atoms with Gasteiger partial charge in [0.25, 0.3) is 0 Å². The molecule has 0 aromatic heterocycles. The summed E-state index contributed by atoms with van der Waals surface area (Å²) in [6, 6.07) is 11.3. The van der Waals surface area contributed by atoms with Crippen LogP contribution in [0.15, 0.2) is 54.3 Å². The van der Waals surface area contributed by atoms with E-state index in [1.165, 1.54) is 18.2 Å². The van der Waals surface area contributed by atoms with Gasteiger partial charge in [0.1, 0.15) is 5.75 Å². The molecule has 0 fully saturated rings. The Kier molecular flexibility index (Phi) is 17.7. The van der Waals surface area contributed by atoms with Crippen molar-refractivity contribution in [3.8, 4) is 88.6 Å². The van der Waals surface area contributed by atoms with Crippen LogP contribution in [0.1, 0.15) is 28.4 Å². The summed E-state index contributed by atoms with van der Waals surface area (Å²) in [5, 5.41) is 8.16. The summed E-state index contributed by atoms with van der Waals surface area (Å²) in [6.45, 7) is 1.68. The fourth-order valence-electron chi connectivity index (χ4n) is 2.52. The van der Waals surface area contributed by atoms with Gasteiger partial charge in [-0.1, -0.05) is 30.2 Å². The second kappa shape index (κ2) is 19.7. The number of carboxylic acid groups (broad SMARTS) is 1. The molecule has 4 nitrogen and oxygen atoms in total. The van der Waals surface area contributed by atoms with E-state index in [0.717, 1.165) is 12.1 Å². The molecule has 0 unspecified atom stereocenters. The molecule has 3 rings (SSSR count). The number of hydrogen-bond donors (Lipinski definition) is 1. The molecule has 0 aliphatic carbocycles. The van der Waals surface area contributed by atoms with Crippen LogP contribution < -0.4 is 4.74 Å². The highest BCUT2D eigenvalue weighted by Crippen LogP contribution is 2.32. The summed E-state index contributed by atoms with van der Waals surface area (Å²) < 4.78 is 42.8. The van der Waals surface area contributed by atoms with Crippen molar-refractivity contribution in [2.24, 2.45) is 0 Å². The molecular formula is C32H16F6O4. The monoisotopic (exact) mass is 578 g/mol. The Balaban J connectivity index is 0. The van der Waals surface area contributed by atoms with Crippen molar-refractivity contribution in [1.82, 2.24) is 0 Å². The van der Waals surface area contributed by atoms with Gasteiger partial charge in [-0.3, -0.25) is 18.9 Å². The highest BCUT2D eigenvalue weighted by atomic mass is 19.4. The molecule has 0 amide bonds. The number of aliphatic carboxylic acids is 1. The van der Waals surface area contributed by atoms with E-state index >= 15 is 0 Å². The molecule has 0 atom stereocenters. The first kappa shape index (κ1) is 37.8. The van der Waals surface area contributed by atoms with Gasteiger partial charge < -0.3 is 9.84 Å². The second-order valence-corrected chi connectivity index (χ2v) is 6.74. The number of alkyl halides is 3. The molecule has 0 spiro atoms. The van der Waals surface area contributed by atoms with E-state index in [1.807, 2.05) is 5.92 Å². The molecule has 0 radical (unpaired) electrons. The van der Waals surface area contributed by atoms with Crippen molar-refractivity contribution in [1.29, 1.82) is 0 Å². The Morgan fingerprint density at radius 3 is 1.69 bits per heavy atom. The summed E-state index contributed by atoms with van der Waals surface area (Å²) in [6.07, 6.45) is -2.94. The molecule has 0 bridgehead atoms. The fraction of sp³-hybridized carbons (Fsp3) is 0.0625. The van der Waals surface area contributed by atoms with E-state index in [-0.39, 0.29) is 25.7 Å². The Labute approximate surface area is 237 Å². The number of Topliss-reactive ketones (excluding diaryl/α,β-unsaturated/α-hetero) is 1. The van der Waals surface area contributed by atoms with Crippen molar-refractivity contribution in [3.05, 3.63) is 71.0 Å². The van der Waals surface area contributed by atoms with Gasteiger partial charge in [0, 0.05) is 5.92 Å². The van der Waals surface area contributed by atoms with Crippen LogP contribution in [0.2, 0.25) is 0 Å². The first-order chi connectivity index (χ1) is 18.7. The van der Waals surface area contributed by atoms with E-state index in [2.05, 4.69) is 77.0 Å². The van der Waals surface area contributed by atoms with E-state index in [0.29, 0.717) is 16.9 Å². The summed E-state index contributed by atoms with van der Waals surface area (Å²) in [7, 11) is 0. The van der Waals surface area contributed by atoms with Gasteiger partial charge in [0.05, 0.1) is 11.1 Å². The average Bonchev–Trinajstić information content (AvgIpc) is 3.22. The van der Waals surface area contributed by atoms with Crippen molar-refractivity contribution in [2.45, 2.75) is 13.1 Å². The lowest BCUT2D eigenvalue weighted by atomic mass is 10.1. The van der Waals surface area contributed by atoms with Gasteiger partial charge >= 0.3 is 12.1 Å². The summed E-state index contributed by atoms with van der Waals surface area (Å²) >= 11 is 0. The molecule has 1 N–H and O–H groups in total. The minimum Gasteiger partial charge on any atom is -0.472 e. The molecule has 2 aromatic carbocycles. The van der Waals surface area contributed by atoms with Crippen LogP contribution in [0.3, 0.4) is 0 Å². The molecule has 1 aliphatic heterocycles. The van der Waals surface area contributed by atoms with Crippen LogP contribution in [-0.4, -0.2) is 16.9 Å². The molecule has 10 heteroatoms. The van der Waals surface area contributed by atoms with E-state index in [4.69, 9.17) is 9.84 Å². The van der Waals surface area contributed by atoms with Crippen LogP contribution in [0.4, 0.5) is 27.3 Å². The number of ketones is 1. The van der Waals surface area contributed by atoms with Gasteiger partial charge in [0.15, 0.2) is 5.76 Å². The SMILES string of the molecule is CC#CC#CC#CC#CC#CC#CC#CC(=O)O.F.F.F.O=C1/C(=C/c2ccc(C(F)(F)F)cc2)Oc2ccccc21. The lowest BCUT2D eigenvalue weighted by Gasteiger charge is -2.06. The largest absolute Gasteiger partial charge is 0.472 e. The lowest BCUT2D eigenvalue weighted by Crippen LogP contribution is -2.04. The highest BCUT2D eigenvalue weighted by Gasteiger charge is 2.30. The molecule has 1 heterocycles. The molecule has 2 aromatic rings. The van der Waals surface area contributed by atoms with Crippen LogP contribution in [0.5, 0.6) is 5.75 Å². The number of benzene rings is 2. The molecule has 42 heavy (non-hydrogen) atoms. The number of carbonyl (C=O) groups is 2. The quantitative estimate of drug-likeness (QED) is 0.298. The Morgan fingerprint density at radius 1 is 0.762 bits per heavy atom. The number of carbonyl (C=O) groups excluding carboxylic acids is 1. The van der Waals surface area contributed by atoms with Crippen molar-refractivity contribution >= 4 is 17.8 Å². The minimum atomic E-state index is -4.37. The number of fused-ring (bicyclic) bond motifs is 1. The van der Waals surface area contributed by atoms with Crippen molar-refractivity contribution < 1.29 is 46.7 Å². The molecule has 210 valence electrons. The van der Waals surface area contributed by atoms with Gasteiger partial charge in [-0.15, -0.1) is 0 Å². The number of ether oxygens (including phenoxy) is 1. The first-order valence-corrected chi connectivity index (χ1v) is 10.6. The fourth-order valence-corrected chi connectivity index (χ4v) is 2.52. The zero-order valence-corrected chi connectivity index (χ0v) is 21.2. The summed E-state index contributed by atoms with van der Waals surface area (Å²) in [5.41, 5.74) is 0.196. The molecule has 1 aliphatic rings. The van der Waals surface area contributed by atoms with Gasteiger partial charge in [-0.05, 0) is 114 Å². The number of halogens is 6. The van der Waals surface area contributed by atoms with Crippen LogP contribution in [-0.2, 0) is 11.0 Å². The normalized spacial score (nSPS) is 9.90. The number of rotatable bonds is 1. The number of carboxylic acids is 1. The number of hydrogen-bond acceptors (Lipinski definition) is 3. The number of allylic oxidation sites excluding steroid dienone is 1. The Hall–Kier alpha value is -6.38. The van der Waals surface area contributed by atoms with Crippen LogP contribution in [0.25, 0.3) is 6.08 Å². The standard InChI is InChI=1S/C16H9F3O2.C16H4O2.3FH/c17-16(18,19)11-7-5-10(6-8-11)9-14-15(20)12-3-1-2-4-13(12)21-14;1-2-3-4-5-6-7-8-9-10-11-12-13-14-15-16(17)18;;;/h1-9H;1H3,(H,17,18);3*1H/b14-9-;;;;. The molecule has 0 saturated heterocycles. The van der Waals surface area contributed by atoms with Crippen molar-refractivity contribution in [2.75, 3.05) is 0 Å². The zero-order valence-electron chi connectivity index (χ0n) is 21.2. The Bertz CT molecular complexity index is 1760. The van der Waals surface area contributed by atoms with Gasteiger partial charge in [-0.2, -0.15) is 13.2 Å². The molecule has 0 saturated carbocycles. The van der Waals surface area contributed by atoms with E-state index in [1.54, 1.807) is 31.2 Å². The maximum absolute atomic E-state index is 12.5. The molecular weight excluding hydrogens is 562 g/mol. The van der Waals surface area contributed by atoms with Gasteiger partial charge in [0.2, 0.25) is 5.78 Å². The topological polar surface area (TPSA) is 63.6 Å². The summed E-state index contributed by atoms with van der Waals surface area (Å²) in [4.78, 5) is 22.0. The van der Waals surface area contributed by atoms with E-state index in [9.17, 15) is 22.8 Å². The minimum absolute atomic E-state index is 0. The van der Waals surface area contributed by atoms with Crippen molar-refractivity contribution in [3.63, 3.8) is 0 Å². The smallest absolute Gasteiger partial charge is 0.416 e. The lowest BCUT2D eigenvalue weighted by molar-refractivity contribution is -0.137. The third-order valence-electron chi connectivity index (χ3n) is 4.09. The maximum atomic E-state index is 12.5. The average molecular weight is 578 g/mol.